The molecule has 0 radical (unpaired) electrons. The molecule has 0 saturated carbocycles. The highest BCUT2D eigenvalue weighted by atomic mass is 16.5. The lowest BCUT2D eigenvalue weighted by molar-refractivity contribution is 0.216. The van der Waals surface area contributed by atoms with Gasteiger partial charge >= 0.3 is 0 Å². The molecule has 23 heavy (non-hydrogen) atoms. The first-order chi connectivity index (χ1) is 11.1. The molecule has 0 saturated heterocycles. The van der Waals surface area contributed by atoms with Crippen LogP contribution < -0.4 is 0 Å². The summed E-state index contributed by atoms with van der Waals surface area (Å²) in [4.78, 5) is 2.13. The molecule has 3 aromatic rings. The van der Waals surface area contributed by atoms with Gasteiger partial charge in [-0.05, 0) is 40.0 Å². The molecule has 3 rings (SSSR count). The van der Waals surface area contributed by atoms with Crippen LogP contribution in [-0.4, -0.2) is 27.3 Å². The minimum Gasteiger partial charge on any atom is -0.419 e. The number of hydrogen-bond donors (Lipinski definition) is 0. The van der Waals surface area contributed by atoms with Crippen LogP contribution in [0, 0.1) is 13.8 Å². The van der Waals surface area contributed by atoms with Crippen molar-refractivity contribution in [2.45, 2.75) is 33.4 Å². The van der Waals surface area contributed by atoms with Crippen LogP contribution in [0.25, 0.3) is 11.5 Å². The molecule has 0 aliphatic carbocycles. The summed E-state index contributed by atoms with van der Waals surface area (Å²) < 4.78 is 11.0. The van der Waals surface area contributed by atoms with Crippen molar-refractivity contribution >= 4 is 0 Å². The third kappa shape index (κ3) is 3.17. The van der Waals surface area contributed by atoms with Gasteiger partial charge in [0.1, 0.15) is 5.76 Å². The molecule has 0 bridgehead atoms. The maximum Gasteiger partial charge on any atom is 0.247 e. The van der Waals surface area contributed by atoms with Crippen molar-refractivity contribution in [1.82, 2.24) is 20.3 Å². The standard InChI is InChI=1S/C17H20N4O2/c1-11-15(13(3)23-20-11)10-21(4)12(2)16-18-19-17(22-16)14-8-6-5-7-9-14/h5-9,12H,10H2,1-4H3/t12-/m1/s1. The molecule has 0 aliphatic rings. The second-order valence-electron chi connectivity index (χ2n) is 5.71. The normalized spacial score (nSPS) is 12.7. The van der Waals surface area contributed by atoms with Crippen LogP contribution >= 0.6 is 0 Å². The smallest absolute Gasteiger partial charge is 0.247 e. The van der Waals surface area contributed by atoms with E-state index in [1.807, 2.05) is 58.2 Å². The number of aryl methyl sites for hydroxylation is 2. The number of hydrogen-bond acceptors (Lipinski definition) is 6. The van der Waals surface area contributed by atoms with Gasteiger partial charge in [-0.1, -0.05) is 23.4 Å². The van der Waals surface area contributed by atoms with Gasteiger partial charge < -0.3 is 8.94 Å². The molecule has 2 aromatic heterocycles. The van der Waals surface area contributed by atoms with Gasteiger partial charge in [0.2, 0.25) is 11.8 Å². The molecular weight excluding hydrogens is 292 g/mol. The van der Waals surface area contributed by atoms with E-state index in [0.29, 0.717) is 18.3 Å². The van der Waals surface area contributed by atoms with Gasteiger partial charge in [0.15, 0.2) is 0 Å². The van der Waals surface area contributed by atoms with Crippen molar-refractivity contribution in [3.8, 4) is 11.5 Å². The first kappa shape index (κ1) is 15.4. The molecule has 0 aliphatic heterocycles. The van der Waals surface area contributed by atoms with Crippen LogP contribution in [0.2, 0.25) is 0 Å². The van der Waals surface area contributed by atoms with Crippen LogP contribution in [0.5, 0.6) is 0 Å². The van der Waals surface area contributed by atoms with Crippen molar-refractivity contribution in [2.24, 2.45) is 0 Å². The third-order valence-electron chi connectivity index (χ3n) is 4.07. The predicted molar refractivity (Wildman–Crippen MR) is 85.6 cm³/mol. The number of rotatable bonds is 5. The monoisotopic (exact) mass is 312 g/mol. The Morgan fingerprint density at radius 2 is 1.87 bits per heavy atom. The van der Waals surface area contributed by atoms with E-state index < -0.39 is 0 Å². The maximum atomic E-state index is 5.83. The third-order valence-corrected chi connectivity index (χ3v) is 4.07. The summed E-state index contributed by atoms with van der Waals surface area (Å²) >= 11 is 0. The molecule has 0 fully saturated rings. The lowest BCUT2D eigenvalue weighted by Gasteiger charge is -2.21. The minimum absolute atomic E-state index is 0.00587. The molecule has 6 heteroatoms. The van der Waals surface area contributed by atoms with Crippen LogP contribution in [0.15, 0.2) is 39.3 Å². The number of aromatic nitrogens is 3. The molecule has 0 unspecified atom stereocenters. The van der Waals surface area contributed by atoms with Crippen LogP contribution in [0.4, 0.5) is 0 Å². The number of benzene rings is 1. The minimum atomic E-state index is -0.00587. The van der Waals surface area contributed by atoms with Crippen LogP contribution in [0.3, 0.4) is 0 Å². The summed E-state index contributed by atoms with van der Waals surface area (Å²) in [6.45, 7) is 6.63. The molecule has 120 valence electrons. The van der Waals surface area contributed by atoms with E-state index in [9.17, 15) is 0 Å². The predicted octanol–water partition coefficient (Wildman–Crippen LogP) is 3.53. The van der Waals surface area contributed by atoms with Gasteiger partial charge in [0.25, 0.3) is 0 Å². The molecule has 0 amide bonds. The summed E-state index contributed by atoms with van der Waals surface area (Å²) in [6.07, 6.45) is 0. The van der Waals surface area contributed by atoms with E-state index in [1.165, 1.54) is 0 Å². The lowest BCUT2D eigenvalue weighted by atomic mass is 10.1. The first-order valence-corrected chi connectivity index (χ1v) is 7.57. The van der Waals surface area contributed by atoms with Crippen molar-refractivity contribution in [3.05, 3.63) is 53.2 Å². The topological polar surface area (TPSA) is 68.2 Å². The van der Waals surface area contributed by atoms with Crippen molar-refractivity contribution in [2.75, 3.05) is 7.05 Å². The lowest BCUT2D eigenvalue weighted by Crippen LogP contribution is -2.22. The van der Waals surface area contributed by atoms with Gasteiger partial charge in [-0.3, -0.25) is 4.90 Å². The fraction of sp³-hybridized carbons (Fsp3) is 0.353. The Morgan fingerprint density at radius 1 is 1.13 bits per heavy atom. The molecule has 1 aromatic carbocycles. The Labute approximate surface area is 135 Å². The fourth-order valence-electron chi connectivity index (χ4n) is 2.40. The largest absolute Gasteiger partial charge is 0.419 e. The van der Waals surface area contributed by atoms with Gasteiger partial charge in [-0.2, -0.15) is 0 Å². The zero-order valence-corrected chi connectivity index (χ0v) is 13.8. The fourth-order valence-corrected chi connectivity index (χ4v) is 2.40. The molecule has 0 spiro atoms. The van der Waals surface area contributed by atoms with E-state index in [0.717, 1.165) is 22.6 Å². The van der Waals surface area contributed by atoms with Crippen molar-refractivity contribution in [3.63, 3.8) is 0 Å². The van der Waals surface area contributed by atoms with E-state index in [-0.39, 0.29) is 6.04 Å². The van der Waals surface area contributed by atoms with Gasteiger partial charge in [0, 0.05) is 17.7 Å². The zero-order chi connectivity index (χ0) is 16.4. The Morgan fingerprint density at radius 3 is 2.52 bits per heavy atom. The van der Waals surface area contributed by atoms with E-state index in [1.54, 1.807) is 0 Å². The molecule has 0 N–H and O–H groups in total. The van der Waals surface area contributed by atoms with Crippen molar-refractivity contribution in [1.29, 1.82) is 0 Å². The van der Waals surface area contributed by atoms with Gasteiger partial charge in [-0.15, -0.1) is 10.2 Å². The van der Waals surface area contributed by atoms with E-state index in [4.69, 9.17) is 8.94 Å². The van der Waals surface area contributed by atoms with Gasteiger partial charge in [-0.25, -0.2) is 0 Å². The number of nitrogens with zero attached hydrogens (tertiary/aromatic N) is 4. The zero-order valence-electron chi connectivity index (χ0n) is 13.8. The Bertz CT molecular complexity index is 760. The molecule has 6 nitrogen and oxygen atoms in total. The first-order valence-electron chi connectivity index (χ1n) is 7.57. The second kappa shape index (κ2) is 6.34. The Kier molecular flexibility index (Phi) is 4.25. The summed E-state index contributed by atoms with van der Waals surface area (Å²) in [7, 11) is 2.02. The van der Waals surface area contributed by atoms with Crippen molar-refractivity contribution < 1.29 is 8.94 Å². The molecule has 1 atom stereocenters. The highest BCUT2D eigenvalue weighted by Crippen LogP contribution is 2.25. The quantitative estimate of drug-likeness (QED) is 0.718. The summed E-state index contributed by atoms with van der Waals surface area (Å²) in [5.41, 5.74) is 2.94. The Hall–Kier alpha value is -2.47. The average Bonchev–Trinajstić information content (AvgIpc) is 3.17. The average molecular weight is 312 g/mol. The van der Waals surface area contributed by atoms with E-state index in [2.05, 4.69) is 20.3 Å². The summed E-state index contributed by atoms with van der Waals surface area (Å²) in [6, 6.07) is 9.76. The highest BCUT2D eigenvalue weighted by Gasteiger charge is 2.21. The molecule has 2 heterocycles. The summed E-state index contributed by atoms with van der Waals surface area (Å²) in [5.74, 6) is 1.98. The highest BCUT2D eigenvalue weighted by molar-refractivity contribution is 5.51. The van der Waals surface area contributed by atoms with Crippen LogP contribution in [0.1, 0.15) is 35.9 Å². The second-order valence-corrected chi connectivity index (χ2v) is 5.71. The summed E-state index contributed by atoms with van der Waals surface area (Å²) in [5, 5.41) is 12.3. The Balaban J connectivity index is 1.75. The maximum absolute atomic E-state index is 5.83. The van der Waals surface area contributed by atoms with Gasteiger partial charge in [0.05, 0.1) is 11.7 Å². The molecular formula is C17H20N4O2. The van der Waals surface area contributed by atoms with E-state index >= 15 is 0 Å². The van der Waals surface area contributed by atoms with Crippen LogP contribution in [-0.2, 0) is 6.54 Å². The SMILES string of the molecule is Cc1noc(C)c1CN(C)[C@H](C)c1nnc(-c2ccccc2)o1.